The fourth-order valence-corrected chi connectivity index (χ4v) is 2.02. The van der Waals surface area contributed by atoms with Gasteiger partial charge in [-0.2, -0.15) is 0 Å². The van der Waals surface area contributed by atoms with Gasteiger partial charge in [0.25, 0.3) is 0 Å². The van der Waals surface area contributed by atoms with E-state index in [1.54, 1.807) is 6.33 Å². The Hall–Kier alpha value is -2.36. The molecule has 0 fully saturated rings. The molecular weight excluding hydrogens is 226 g/mol. The molecule has 1 aromatic carbocycles. The Labute approximate surface area is 105 Å². The molecular formula is C14H13N3O. The van der Waals surface area contributed by atoms with Gasteiger partial charge in [-0.15, -0.1) is 10.2 Å². The summed E-state index contributed by atoms with van der Waals surface area (Å²) in [4.78, 5) is 0. The number of hydrogen-bond donors (Lipinski definition) is 0. The molecule has 0 N–H and O–H groups in total. The molecule has 4 nitrogen and oxygen atoms in total. The highest BCUT2D eigenvalue weighted by Gasteiger charge is 2.12. The zero-order valence-electron chi connectivity index (χ0n) is 10.1. The van der Waals surface area contributed by atoms with Crippen molar-refractivity contribution in [2.45, 2.75) is 6.92 Å². The van der Waals surface area contributed by atoms with Crippen LogP contribution in [0.4, 0.5) is 0 Å². The van der Waals surface area contributed by atoms with E-state index in [1.807, 2.05) is 53.9 Å². The van der Waals surface area contributed by atoms with Crippen LogP contribution in [-0.4, -0.2) is 21.2 Å². The zero-order valence-corrected chi connectivity index (χ0v) is 10.1. The van der Waals surface area contributed by atoms with Gasteiger partial charge in [0.15, 0.2) is 5.65 Å². The van der Waals surface area contributed by atoms with Gasteiger partial charge in [-0.05, 0) is 18.6 Å². The molecule has 0 unspecified atom stereocenters. The number of rotatable bonds is 3. The van der Waals surface area contributed by atoms with Gasteiger partial charge in [0.05, 0.1) is 12.2 Å². The van der Waals surface area contributed by atoms with E-state index in [0.717, 1.165) is 22.5 Å². The Kier molecular flexibility index (Phi) is 2.68. The van der Waals surface area contributed by atoms with Crippen molar-refractivity contribution >= 4 is 5.65 Å². The number of pyridine rings is 1. The minimum Gasteiger partial charge on any atom is -0.493 e. The Bertz CT molecular complexity index is 661. The lowest BCUT2D eigenvalue weighted by Gasteiger charge is -2.11. The van der Waals surface area contributed by atoms with E-state index in [0.29, 0.717) is 6.61 Å². The molecule has 0 radical (unpaired) electrons. The molecule has 3 rings (SSSR count). The molecule has 0 amide bonds. The third-order valence-corrected chi connectivity index (χ3v) is 2.79. The highest BCUT2D eigenvalue weighted by molar-refractivity contribution is 5.82. The van der Waals surface area contributed by atoms with Crippen molar-refractivity contribution in [2.24, 2.45) is 0 Å². The van der Waals surface area contributed by atoms with Crippen molar-refractivity contribution in [2.75, 3.05) is 6.61 Å². The molecule has 0 atom stereocenters. The average Bonchev–Trinajstić information content (AvgIpc) is 2.88. The zero-order chi connectivity index (χ0) is 12.4. The Balaban J connectivity index is 2.29. The molecule has 0 aliphatic heterocycles. The van der Waals surface area contributed by atoms with Crippen LogP contribution in [0.2, 0.25) is 0 Å². The van der Waals surface area contributed by atoms with Crippen molar-refractivity contribution in [3.05, 3.63) is 48.9 Å². The third-order valence-electron chi connectivity index (χ3n) is 2.79. The summed E-state index contributed by atoms with van der Waals surface area (Å²) in [5, 5.41) is 8.12. The SMILES string of the molecule is CCOc1ccn2cnnc2c1-c1ccccc1. The predicted octanol–water partition coefficient (Wildman–Crippen LogP) is 2.80. The highest BCUT2D eigenvalue weighted by atomic mass is 16.5. The monoisotopic (exact) mass is 239 g/mol. The van der Waals surface area contributed by atoms with Crippen LogP contribution >= 0.6 is 0 Å². The van der Waals surface area contributed by atoms with Crippen molar-refractivity contribution in [1.82, 2.24) is 14.6 Å². The molecule has 0 saturated heterocycles. The maximum atomic E-state index is 5.69. The van der Waals surface area contributed by atoms with E-state index < -0.39 is 0 Å². The Morgan fingerprint density at radius 3 is 2.78 bits per heavy atom. The molecule has 4 heteroatoms. The molecule has 0 aliphatic rings. The summed E-state index contributed by atoms with van der Waals surface area (Å²) in [6.07, 6.45) is 3.60. The second kappa shape index (κ2) is 4.49. The summed E-state index contributed by atoms with van der Waals surface area (Å²) in [6.45, 7) is 2.60. The first-order chi connectivity index (χ1) is 8.90. The summed E-state index contributed by atoms with van der Waals surface area (Å²) >= 11 is 0. The second-order valence-electron chi connectivity index (χ2n) is 3.92. The topological polar surface area (TPSA) is 39.4 Å². The van der Waals surface area contributed by atoms with E-state index in [2.05, 4.69) is 10.2 Å². The lowest BCUT2D eigenvalue weighted by atomic mass is 10.1. The van der Waals surface area contributed by atoms with E-state index in [-0.39, 0.29) is 0 Å². The summed E-state index contributed by atoms with van der Waals surface area (Å²) < 4.78 is 7.58. The van der Waals surface area contributed by atoms with Crippen LogP contribution < -0.4 is 4.74 Å². The first kappa shape index (κ1) is 10.8. The Morgan fingerprint density at radius 2 is 2.00 bits per heavy atom. The number of nitrogens with zero attached hydrogens (tertiary/aromatic N) is 3. The molecule has 0 spiro atoms. The fraction of sp³-hybridized carbons (Fsp3) is 0.143. The molecule has 2 aromatic heterocycles. The summed E-state index contributed by atoms with van der Waals surface area (Å²) in [5.74, 6) is 0.837. The minimum atomic E-state index is 0.629. The van der Waals surface area contributed by atoms with Gasteiger partial charge in [-0.3, -0.25) is 4.40 Å². The number of fused-ring (bicyclic) bond motifs is 1. The average molecular weight is 239 g/mol. The van der Waals surface area contributed by atoms with E-state index in [1.165, 1.54) is 0 Å². The van der Waals surface area contributed by atoms with Gasteiger partial charge >= 0.3 is 0 Å². The lowest BCUT2D eigenvalue weighted by Crippen LogP contribution is -1.97. The molecule has 18 heavy (non-hydrogen) atoms. The van der Waals surface area contributed by atoms with Crippen molar-refractivity contribution in [1.29, 1.82) is 0 Å². The van der Waals surface area contributed by atoms with E-state index in [4.69, 9.17) is 4.74 Å². The normalized spacial score (nSPS) is 10.7. The Morgan fingerprint density at radius 1 is 1.17 bits per heavy atom. The predicted molar refractivity (Wildman–Crippen MR) is 69.6 cm³/mol. The summed E-state index contributed by atoms with van der Waals surface area (Å²) in [5.41, 5.74) is 2.88. The molecule has 0 bridgehead atoms. The standard InChI is InChI=1S/C14H13N3O/c1-2-18-12-8-9-17-10-15-16-14(17)13(12)11-6-4-3-5-7-11/h3-10H,2H2,1H3. The smallest absolute Gasteiger partial charge is 0.172 e. The number of aromatic nitrogens is 3. The quantitative estimate of drug-likeness (QED) is 0.705. The van der Waals surface area contributed by atoms with Gasteiger partial charge < -0.3 is 4.74 Å². The van der Waals surface area contributed by atoms with Crippen LogP contribution in [0.5, 0.6) is 5.75 Å². The summed E-state index contributed by atoms with van der Waals surface area (Å²) in [7, 11) is 0. The van der Waals surface area contributed by atoms with Crippen LogP contribution in [0.3, 0.4) is 0 Å². The maximum absolute atomic E-state index is 5.69. The number of ether oxygens (including phenoxy) is 1. The van der Waals surface area contributed by atoms with Crippen LogP contribution in [0.15, 0.2) is 48.9 Å². The maximum Gasteiger partial charge on any atom is 0.172 e. The van der Waals surface area contributed by atoms with Crippen LogP contribution in [0, 0.1) is 0 Å². The van der Waals surface area contributed by atoms with Crippen molar-refractivity contribution in [3.63, 3.8) is 0 Å². The van der Waals surface area contributed by atoms with Gasteiger partial charge in [-0.25, -0.2) is 0 Å². The van der Waals surface area contributed by atoms with Gasteiger partial charge in [0.1, 0.15) is 12.1 Å². The molecule has 2 heterocycles. The van der Waals surface area contributed by atoms with Crippen LogP contribution in [0.1, 0.15) is 6.92 Å². The number of benzene rings is 1. The second-order valence-corrected chi connectivity index (χ2v) is 3.92. The van der Waals surface area contributed by atoms with Crippen molar-refractivity contribution in [3.8, 4) is 16.9 Å². The fourth-order valence-electron chi connectivity index (χ4n) is 2.02. The van der Waals surface area contributed by atoms with E-state index in [9.17, 15) is 0 Å². The van der Waals surface area contributed by atoms with Crippen LogP contribution in [0.25, 0.3) is 16.8 Å². The van der Waals surface area contributed by atoms with Crippen LogP contribution in [-0.2, 0) is 0 Å². The van der Waals surface area contributed by atoms with Gasteiger partial charge in [0, 0.05) is 6.20 Å². The molecule has 0 saturated carbocycles. The molecule has 0 aliphatic carbocycles. The van der Waals surface area contributed by atoms with Crippen molar-refractivity contribution < 1.29 is 4.74 Å². The first-order valence-corrected chi connectivity index (χ1v) is 5.90. The third kappa shape index (κ3) is 1.72. The minimum absolute atomic E-state index is 0.629. The van der Waals surface area contributed by atoms with Gasteiger partial charge in [0.2, 0.25) is 0 Å². The number of hydrogen-bond acceptors (Lipinski definition) is 3. The highest BCUT2D eigenvalue weighted by Crippen LogP contribution is 2.32. The lowest BCUT2D eigenvalue weighted by molar-refractivity contribution is 0.341. The molecule has 3 aromatic rings. The van der Waals surface area contributed by atoms with E-state index >= 15 is 0 Å². The summed E-state index contributed by atoms with van der Waals surface area (Å²) in [6, 6.07) is 12.0. The van der Waals surface area contributed by atoms with Gasteiger partial charge in [-0.1, -0.05) is 30.3 Å². The first-order valence-electron chi connectivity index (χ1n) is 5.90. The largest absolute Gasteiger partial charge is 0.493 e. The molecule has 90 valence electrons.